The van der Waals surface area contributed by atoms with Crippen LogP contribution < -0.4 is 16.7 Å². The molecule has 6 N–H and O–H groups in total. The SMILES string of the molecule is O=c1[nH]c(=O)c2ncn([C@@H]3O[C@H](NO)[C@@H](O)[C@H]3O)c2[nH]1. The number of hydrogen-bond acceptors (Lipinski definition) is 8. The maximum Gasteiger partial charge on any atom is 0.327 e. The van der Waals surface area contributed by atoms with Crippen molar-refractivity contribution in [3.05, 3.63) is 27.2 Å². The lowest BCUT2D eigenvalue weighted by molar-refractivity contribution is -0.0952. The average Bonchev–Trinajstić information content (AvgIpc) is 2.93. The van der Waals surface area contributed by atoms with Gasteiger partial charge >= 0.3 is 5.69 Å². The molecule has 4 atom stereocenters. The summed E-state index contributed by atoms with van der Waals surface area (Å²) in [6, 6.07) is 0. The third-order valence-electron chi connectivity index (χ3n) is 3.11. The van der Waals surface area contributed by atoms with E-state index in [0.717, 1.165) is 0 Å². The van der Waals surface area contributed by atoms with Gasteiger partial charge in [-0.3, -0.25) is 19.3 Å². The number of rotatable bonds is 2. The Morgan fingerprint density at radius 1 is 1.30 bits per heavy atom. The van der Waals surface area contributed by atoms with Crippen molar-refractivity contribution in [2.45, 2.75) is 24.7 Å². The van der Waals surface area contributed by atoms with Gasteiger partial charge in [-0.25, -0.2) is 9.78 Å². The Labute approximate surface area is 109 Å². The van der Waals surface area contributed by atoms with Crippen LogP contribution in [-0.2, 0) is 4.74 Å². The number of nitrogens with one attached hydrogen (secondary N) is 3. The van der Waals surface area contributed by atoms with Crippen LogP contribution in [0.4, 0.5) is 0 Å². The molecule has 0 saturated carbocycles. The van der Waals surface area contributed by atoms with E-state index in [4.69, 9.17) is 9.94 Å². The number of aliphatic hydroxyl groups is 2. The molecule has 2 aromatic heterocycles. The molecule has 1 aliphatic heterocycles. The van der Waals surface area contributed by atoms with Gasteiger partial charge in [0.05, 0.1) is 6.33 Å². The fourth-order valence-corrected chi connectivity index (χ4v) is 2.14. The van der Waals surface area contributed by atoms with Crippen LogP contribution in [0.2, 0.25) is 0 Å². The minimum Gasteiger partial charge on any atom is -0.386 e. The molecule has 3 rings (SSSR count). The van der Waals surface area contributed by atoms with Crippen LogP contribution >= 0.6 is 0 Å². The molecule has 1 fully saturated rings. The Hall–Kier alpha value is -2.05. The monoisotopic (exact) mass is 285 g/mol. The molecule has 0 aliphatic carbocycles. The van der Waals surface area contributed by atoms with Crippen LogP contribution in [0.25, 0.3) is 11.2 Å². The minimum atomic E-state index is -1.39. The Morgan fingerprint density at radius 2 is 2.05 bits per heavy atom. The van der Waals surface area contributed by atoms with Crippen molar-refractivity contribution in [3.63, 3.8) is 0 Å². The van der Waals surface area contributed by atoms with Crippen molar-refractivity contribution in [2.24, 2.45) is 0 Å². The molecule has 11 nitrogen and oxygen atoms in total. The van der Waals surface area contributed by atoms with E-state index in [0.29, 0.717) is 0 Å². The summed E-state index contributed by atoms with van der Waals surface area (Å²) in [5.41, 5.74) is 0.262. The Kier molecular flexibility index (Phi) is 2.92. The number of aromatic amines is 2. The van der Waals surface area contributed by atoms with Crippen LogP contribution in [0.1, 0.15) is 6.23 Å². The van der Waals surface area contributed by atoms with Crippen molar-refractivity contribution in [2.75, 3.05) is 0 Å². The molecule has 20 heavy (non-hydrogen) atoms. The molecule has 2 aromatic rings. The zero-order valence-electron chi connectivity index (χ0n) is 9.85. The number of hydrogen-bond donors (Lipinski definition) is 6. The molecule has 1 aliphatic rings. The fourth-order valence-electron chi connectivity index (χ4n) is 2.14. The van der Waals surface area contributed by atoms with Crippen LogP contribution in [0.15, 0.2) is 15.9 Å². The molecule has 0 bridgehead atoms. The molecule has 0 aromatic carbocycles. The predicted octanol–water partition coefficient (Wildman–Crippen LogP) is -3.03. The quantitative estimate of drug-likeness (QED) is 0.317. The fraction of sp³-hybridized carbons (Fsp3) is 0.444. The lowest BCUT2D eigenvalue weighted by atomic mass is 10.2. The van der Waals surface area contributed by atoms with Crippen LogP contribution in [0.5, 0.6) is 0 Å². The number of aliphatic hydroxyl groups excluding tert-OH is 2. The maximum atomic E-state index is 11.5. The second kappa shape index (κ2) is 4.50. The highest BCUT2D eigenvalue weighted by atomic mass is 16.6. The second-order valence-corrected chi connectivity index (χ2v) is 4.31. The van der Waals surface area contributed by atoms with Gasteiger partial charge in [-0.15, -0.1) is 0 Å². The Balaban J connectivity index is 2.12. The third kappa shape index (κ3) is 1.76. The van der Waals surface area contributed by atoms with Gasteiger partial charge in [-0.1, -0.05) is 0 Å². The van der Waals surface area contributed by atoms with E-state index < -0.39 is 35.9 Å². The smallest absolute Gasteiger partial charge is 0.327 e. The number of imidazole rings is 1. The molecule has 0 radical (unpaired) electrons. The number of H-pyrrole nitrogens is 2. The third-order valence-corrected chi connectivity index (χ3v) is 3.11. The summed E-state index contributed by atoms with van der Waals surface area (Å²) in [7, 11) is 0. The first-order valence-corrected chi connectivity index (χ1v) is 5.63. The van der Waals surface area contributed by atoms with Gasteiger partial charge in [-0.05, 0) is 0 Å². The zero-order valence-corrected chi connectivity index (χ0v) is 9.85. The number of fused-ring (bicyclic) bond motifs is 1. The molecule has 11 heteroatoms. The summed E-state index contributed by atoms with van der Waals surface area (Å²) < 4.78 is 6.39. The van der Waals surface area contributed by atoms with Gasteiger partial charge in [0.15, 0.2) is 18.0 Å². The molecule has 1 saturated heterocycles. The van der Waals surface area contributed by atoms with E-state index in [9.17, 15) is 19.8 Å². The second-order valence-electron chi connectivity index (χ2n) is 4.31. The summed E-state index contributed by atoms with van der Waals surface area (Å²) >= 11 is 0. The zero-order chi connectivity index (χ0) is 14.4. The normalized spacial score (nSPS) is 30.1. The molecular formula is C9H11N5O6. The van der Waals surface area contributed by atoms with Crippen molar-refractivity contribution < 1.29 is 20.2 Å². The van der Waals surface area contributed by atoms with Crippen molar-refractivity contribution in [1.29, 1.82) is 0 Å². The van der Waals surface area contributed by atoms with Crippen molar-refractivity contribution >= 4 is 11.2 Å². The topological polar surface area (TPSA) is 165 Å². The van der Waals surface area contributed by atoms with Gasteiger partial charge in [0.1, 0.15) is 17.9 Å². The van der Waals surface area contributed by atoms with Crippen molar-refractivity contribution in [3.8, 4) is 0 Å². The maximum absolute atomic E-state index is 11.5. The Bertz CT molecular complexity index is 749. The summed E-state index contributed by atoms with van der Waals surface area (Å²) in [4.78, 5) is 31.0. The number of ether oxygens (including phenoxy) is 1. The predicted molar refractivity (Wildman–Crippen MR) is 61.8 cm³/mol. The van der Waals surface area contributed by atoms with E-state index in [-0.39, 0.29) is 11.2 Å². The van der Waals surface area contributed by atoms with Crippen LogP contribution in [0, 0.1) is 0 Å². The summed E-state index contributed by atoms with van der Waals surface area (Å²) in [5.74, 6) is 0. The number of hydroxylamine groups is 1. The first-order chi connectivity index (χ1) is 9.52. The van der Waals surface area contributed by atoms with E-state index >= 15 is 0 Å². The summed E-state index contributed by atoms with van der Waals surface area (Å²) in [6.07, 6.45) is -3.94. The highest BCUT2D eigenvalue weighted by Crippen LogP contribution is 2.29. The van der Waals surface area contributed by atoms with E-state index in [1.165, 1.54) is 10.9 Å². The number of nitrogens with zero attached hydrogens (tertiary/aromatic N) is 2. The highest BCUT2D eigenvalue weighted by Gasteiger charge is 2.44. The van der Waals surface area contributed by atoms with Gasteiger partial charge in [-0.2, -0.15) is 5.48 Å². The van der Waals surface area contributed by atoms with E-state index in [1.807, 2.05) is 4.98 Å². The average molecular weight is 285 g/mol. The molecule has 0 amide bonds. The van der Waals surface area contributed by atoms with Gasteiger partial charge in [0.25, 0.3) is 5.56 Å². The number of aromatic nitrogens is 4. The Morgan fingerprint density at radius 3 is 2.70 bits per heavy atom. The summed E-state index contributed by atoms with van der Waals surface area (Å²) in [6.45, 7) is 0. The van der Waals surface area contributed by atoms with Gasteiger partial charge in [0, 0.05) is 0 Å². The largest absolute Gasteiger partial charge is 0.386 e. The van der Waals surface area contributed by atoms with Crippen LogP contribution in [-0.4, -0.2) is 53.4 Å². The standard InChI is InChI=1S/C9H11N5O6/c15-3-4(16)8(20-7(3)13-19)14-1-10-2-5(14)11-9(18)12-6(2)17/h1,3-4,7-8,13,15-16,19H,(H2,11,12,17,18)/t3-,4+,7-,8+/m0/s1. The van der Waals surface area contributed by atoms with Gasteiger partial charge in [0.2, 0.25) is 0 Å². The molecule has 0 unspecified atom stereocenters. The molecule has 0 spiro atoms. The first kappa shape index (κ1) is 13.0. The van der Waals surface area contributed by atoms with Gasteiger partial charge < -0.3 is 20.2 Å². The van der Waals surface area contributed by atoms with E-state index in [2.05, 4.69) is 9.97 Å². The first-order valence-electron chi connectivity index (χ1n) is 5.63. The highest BCUT2D eigenvalue weighted by molar-refractivity contribution is 5.68. The lowest BCUT2D eigenvalue weighted by Crippen LogP contribution is -2.38. The van der Waals surface area contributed by atoms with Crippen LogP contribution in [0.3, 0.4) is 0 Å². The molecule has 108 valence electrons. The molecule has 3 heterocycles. The summed E-state index contributed by atoms with van der Waals surface area (Å²) in [5, 5.41) is 28.3. The minimum absolute atomic E-state index is 0.0357. The lowest BCUT2D eigenvalue weighted by Gasteiger charge is -2.16. The van der Waals surface area contributed by atoms with Crippen molar-refractivity contribution in [1.82, 2.24) is 25.0 Å². The van der Waals surface area contributed by atoms with E-state index in [1.54, 1.807) is 5.48 Å². The molecular weight excluding hydrogens is 274 g/mol.